The number of aromatic hydroxyl groups is 1. The van der Waals surface area contributed by atoms with Crippen LogP contribution in [-0.2, 0) is 7.05 Å². The van der Waals surface area contributed by atoms with E-state index in [0.717, 1.165) is 0 Å². The van der Waals surface area contributed by atoms with Crippen LogP contribution in [0.1, 0.15) is 16.2 Å². The molecule has 0 saturated carbocycles. The van der Waals surface area contributed by atoms with E-state index in [1.165, 1.54) is 21.5 Å². The molecular weight excluding hydrogens is 346 g/mol. The van der Waals surface area contributed by atoms with Crippen LogP contribution in [0.25, 0.3) is 5.69 Å². The molecule has 0 saturated heterocycles. The standard InChI is InChI=1S/C16H14ClN5O3/c1-9-20-21(2)16(25)22(9)11-5-3-10(4-6-11)15(24)19-12-7-8-18-14(17)13(12)23/h3-8,23H,1-2H3,(H,18,19,24). The minimum Gasteiger partial charge on any atom is -0.503 e. The molecule has 0 aliphatic carbocycles. The van der Waals surface area contributed by atoms with Gasteiger partial charge in [0.1, 0.15) is 5.82 Å². The van der Waals surface area contributed by atoms with Gasteiger partial charge in [0.25, 0.3) is 5.91 Å². The van der Waals surface area contributed by atoms with Crippen molar-refractivity contribution in [3.63, 3.8) is 0 Å². The van der Waals surface area contributed by atoms with Crippen LogP contribution in [0.4, 0.5) is 5.69 Å². The number of nitrogens with one attached hydrogen (secondary N) is 1. The van der Waals surface area contributed by atoms with Gasteiger partial charge >= 0.3 is 5.69 Å². The van der Waals surface area contributed by atoms with Gasteiger partial charge in [0.15, 0.2) is 10.9 Å². The summed E-state index contributed by atoms with van der Waals surface area (Å²) in [5, 5.41) is 16.3. The van der Waals surface area contributed by atoms with Crippen LogP contribution in [-0.4, -0.2) is 30.3 Å². The lowest BCUT2D eigenvalue weighted by Crippen LogP contribution is -2.22. The summed E-state index contributed by atoms with van der Waals surface area (Å²) in [6.45, 7) is 1.72. The number of hydrogen-bond acceptors (Lipinski definition) is 5. The largest absolute Gasteiger partial charge is 0.503 e. The Morgan fingerprint density at radius 3 is 2.52 bits per heavy atom. The number of halogens is 1. The third-order valence-corrected chi connectivity index (χ3v) is 3.88. The highest BCUT2D eigenvalue weighted by atomic mass is 35.5. The van der Waals surface area contributed by atoms with Gasteiger partial charge in [0.2, 0.25) is 0 Å². The first kappa shape index (κ1) is 16.7. The minimum atomic E-state index is -0.431. The monoisotopic (exact) mass is 359 g/mol. The number of pyridine rings is 1. The minimum absolute atomic E-state index is 0.0976. The lowest BCUT2D eigenvalue weighted by atomic mass is 10.2. The van der Waals surface area contributed by atoms with Gasteiger partial charge in [0.05, 0.1) is 11.4 Å². The zero-order valence-corrected chi connectivity index (χ0v) is 14.2. The SMILES string of the molecule is Cc1nn(C)c(=O)n1-c1ccc(C(=O)Nc2ccnc(Cl)c2O)cc1. The maximum atomic E-state index is 12.3. The van der Waals surface area contributed by atoms with Crippen LogP contribution in [0, 0.1) is 6.92 Å². The molecule has 0 atom stereocenters. The molecule has 9 heteroatoms. The molecule has 2 N–H and O–H groups in total. The average molecular weight is 360 g/mol. The van der Waals surface area contributed by atoms with E-state index in [9.17, 15) is 14.7 Å². The Hall–Kier alpha value is -3.13. The number of aromatic nitrogens is 4. The second-order valence-electron chi connectivity index (χ2n) is 5.29. The van der Waals surface area contributed by atoms with E-state index in [-0.39, 0.29) is 22.3 Å². The average Bonchev–Trinajstić information content (AvgIpc) is 2.84. The normalized spacial score (nSPS) is 10.7. The van der Waals surface area contributed by atoms with Gasteiger partial charge in [-0.25, -0.2) is 19.0 Å². The van der Waals surface area contributed by atoms with E-state index in [0.29, 0.717) is 17.1 Å². The molecule has 0 aliphatic heterocycles. The van der Waals surface area contributed by atoms with Gasteiger partial charge in [-0.15, -0.1) is 0 Å². The summed E-state index contributed by atoms with van der Waals surface area (Å²) in [4.78, 5) is 28.1. The van der Waals surface area contributed by atoms with Gasteiger partial charge < -0.3 is 10.4 Å². The van der Waals surface area contributed by atoms with Crippen LogP contribution in [0.15, 0.2) is 41.3 Å². The molecule has 1 aromatic carbocycles. The van der Waals surface area contributed by atoms with Crippen molar-refractivity contribution in [1.29, 1.82) is 0 Å². The fourth-order valence-corrected chi connectivity index (χ4v) is 2.53. The van der Waals surface area contributed by atoms with Crippen LogP contribution in [0.2, 0.25) is 5.15 Å². The van der Waals surface area contributed by atoms with Crippen molar-refractivity contribution in [3.05, 3.63) is 63.6 Å². The Morgan fingerprint density at radius 2 is 1.92 bits per heavy atom. The third kappa shape index (κ3) is 3.11. The Morgan fingerprint density at radius 1 is 1.24 bits per heavy atom. The van der Waals surface area contributed by atoms with E-state index in [1.807, 2.05) is 0 Å². The van der Waals surface area contributed by atoms with Crippen LogP contribution < -0.4 is 11.0 Å². The highest BCUT2D eigenvalue weighted by Gasteiger charge is 2.13. The second-order valence-corrected chi connectivity index (χ2v) is 5.65. The zero-order valence-electron chi connectivity index (χ0n) is 13.4. The molecule has 1 amide bonds. The molecule has 2 aromatic heterocycles. The van der Waals surface area contributed by atoms with Crippen LogP contribution in [0.3, 0.4) is 0 Å². The summed E-state index contributed by atoms with van der Waals surface area (Å²) in [5.41, 5.74) is 0.840. The smallest absolute Gasteiger partial charge is 0.350 e. The molecule has 0 aliphatic rings. The van der Waals surface area contributed by atoms with E-state index >= 15 is 0 Å². The molecule has 0 bridgehead atoms. The molecule has 128 valence electrons. The van der Waals surface area contributed by atoms with E-state index in [1.54, 1.807) is 38.2 Å². The zero-order chi connectivity index (χ0) is 18.1. The highest BCUT2D eigenvalue weighted by Crippen LogP contribution is 2.29. The molecule has 8 nitrogen and oxygen atoms in total. The van der Waals surface area contributed by atoms with Crippen molar-refractivity contribution in [1.82, 2.24) is 19.3 Å². The molecule has 0 spiro atoms. The molecule has 0 unspecified atom stereocenters. The topological polar surface area (TPSA) is 102 Å². The predicted molar refractivity (Wildman–Crippen MR) is 92.4 cm³/mol. The highest BCUT2D eigenvalue weighted by molar-refractivity contribution is 6.31. The molecule has 0 fully saturated rings. The molecule has 25 heavy (non-hydrogen) atoms. The Kier molecular flexibility index (Phi) is 4.28. The first-order chi connectivity index (χ1) is 11.9. The molecule has 3 rings (SSSR count). The first-order valence-corrected chi connectivity index (χ1v) is 7.64. The van der Waals surface area contributed by atoms with Crippen molar-refractivity contribution in [2.45, 2.75) is 6.92 Å². The summed E-state index contributed by atoms with van der Waals surface area (Å²) >= 11 is 5.71. The summed E-state index contributed by atoms with van der Waals surface area (Å²) in [5.74, 6) is -0.188. The number of benzene rings is 1. The molecule has 0 radical (unpaired) electrons. The predicted octanol–water partition coefficient (Wildman–Crippen LogP) is 1.89. The van der Waals surface area contributed by atoms with Crippen molar-refractivity contribution >= 4 is 23.2 Å². The van der Waals surface area contributed by atoms with Crippen molar-refractivity contribution in [3.8, 4) is 11.4 Å². The Bertz CT molecular complexity index is 1010. The van der Waals surface area contributed by atoms with Crippen molar-refractivity contribution in [2.75, 3.05) is 5.32 Å². The lowest BCUT2D eigenvalue weighted by molar-refractivity contribution is 0.102. The maximum Gasteiger partial charge on any atom is 0.350 e. The van der Waals surface area contributed by atoms with Gasteiger partial charge in [-0.1, -0.05) is 11.6 Å². The van der Waals surface area contributed by atoms with Gasteiger partial charge in [0, 0.05) is 18.8 Å². The lowest BCUT2D eigenvalue weighted by Gasteiger charge is -2.08. The van der Waals surface area contributed by atoms with Gasteiger partial charge in [-0.2, -0.15) is 5.10 Å². The summed E-state index contributed by atoms with van der Waals surface area (Å²) in [6.07, 6.45) is 1.37. The number of carbonyl (C=O) groups excluding carboxylic acids is 1. The Balaban J connectivity index is 1.86. The molecule has 3 aromatic rings. The van der Waals surface area contributed by atoms with Crippen molar-refractivity contribution < 1.29 is 9.90 Å². The fourth-order valence-electron chi connectivity index (χ4n) is 2.37. The number of anilines is 1. The van der Waals surface area contributed by atoms with E-state index in [4.69, 9.17) is 11.6 Å². The fraction of sp³-hybridized carbons (Fsp3) is 0.125. The Labute approximate surface area is 147 Å². The second kappa shape index (κ2) is 6.40. The third-order valence-electron chi connectivity index (χ3n) is 3.60. The number of aryl methyl sites for hydroxylation is 2. The van der Waals surface area contributed by atoms with E-state index in [2.05, 4.69) is 15.4 Å². The van der Waals surface area contributed by atoms with Crippen LogP contribution >= 0.6 is 11.6 Å². The van der Waals surface area contributed by atoms with Crippen molar-refractivity contribution in [2.24, 2.45) is 7.05 Å². The maximum absolute atomic E-state index is 12.3. The van der Waals surface area contributed by atoms with Crippen LogP contribution in [0.5, 0.6) is 5.75 Å². The quantitative estimate of drug-likeness (QED) is 0.695. The van der Waals surface area contributed by atoms with Gasteiger partial charge in [-0.3, -0.25) is 4.79 Å². The summed E-state index contributed by atoms with van der Waals surface area (Å²) in [7, 11) is 1.57. The first-order valence-electron chi connectivity index (χ1n) is 7.26. The molecule has 2 heterocycles. The van der Waals surface area contributed by atoms with E-state index < -0.39 is 5.91 Å². The van der Waals surface area contributed by atoms with Gasteiger partial charge in [-0.05, 0) is 37.3 Å². The number of hydrogen-bond donors (Lipinski definition) is 2. The summed E-state index contributed by atoms with van der Waals surface area (Å²) in [6, 6.07) is 7.87. The molecular formula is C16H14ClN5O3. The number of rotatable bonds is 3. The number of nitrogens with zero attached hydrogens (tertiary/aromatic N) is 4. The number of amides is 1. The summed E-state index contributed by atoms with van der Waals surface area (Å²) < 4.78 is 2.68. The number of carbonyl (C=O) groups is 1.